The lowest BCUT2D eigenvalue weighted by atomic mass is 9.86. The minimum atomic E-state index is -4.60. The van der Waals surface area contributed by atoms with Crippen LogP contribution in [0, 0.1) is 11.7 Å². The van der Waals surface area contributed by atoms with E-state index in [4.69, 9.17) is 18.9 Å². The van der Waals surface area contributed by atoms with Gasteiger partial charge in [0.25, 0.3) is 17.7 Å². The summed E-state index contributed by atoms with van der Waals surface area (Å²) < 4.78 is 78.6. The summed E-state index contributed by atoms with van der Waals surface area (Å²) in [5.74, 6) is -1.89. The SMILES string of the molecule is C=C1CCC(N2C(=O)c3ccc(OCCOCCOCCOCC4CCC(n5c(NC(=O)c6cccc(C(F)(F)F)c6)nc6cc(F)ccc65)CC4)cc3C2=O)C(=O)N1. The number of imide groups is 1. The first-order chi connectivity index (χ1) is 28.4. The Hall–Kier alpha value is -5.65. The zero-order valence-corrected chi connectivity index (χ0v) is 32.0. The summed E-state index contributed by atoms with van der Waals surface area (Å²) in [4.78, 5) is 56.9. The molecule has 1 saturated heterocycles. The van der Waals surface area contributed by atoms with Gasteiger partial charge in [-0.2, -0.15) is 13.2 Å². The van der Waals surface area contributed by atoms with E-state index >= 15 is 0 Å². The molecule has 0 spiro atoms. The minimum Gasteiger partial charge on any atom is -0.491 e. The Morgan fingerprint density at radius 1 is 0.847 bits per heavy atom. The van der Waals surface area contributed by atoms with Crippen LogP contribution in [0.1, 0.15) is 81.2 Å². The number of carbonyl (C=O) groups is 4. The third-order valence-corrected chi connectivity index (χ3v) is 10.6. The van der Waals surface area contributed by atoms with Crippen LogP contribution < -0.4 is 15.4 Å². The molecule has 7 rings (SSSR count). The van der Waals surface area contributed by atoms with Crippen LogP contribution in [0.3, 0.4) is 0 Å². The van der Waals surface area contributed by atoms with Gasteiger partial charge in [-0.25, -0.2) is 9.37 Å². The lowest BCUT2D eigenvalue weighted by Gasteiger charge is -2.30. The van der Waals surface area contributed by atoms with E-state index in [2.05, 4.69) is 22.2 Å². The fraction of sp³-hybridized carbons (Fsp3) is 0.405. The fourth-order valence-corrected chi connectivity index (χ4v) is 7.64. The number of imidazole rings is 1. The summed E-state index contributed by atoms with van der Waals surface area (Å²) in [6, 6.07) is 12.0. The molecule has 2 aliphatic heterocycles. The lowest BCUT2D eigenvalue weighted by Crippen LogP contribution is -2.51. The van der Waals surface area contributed by atoms with Crippen molar-refractivity contribution in [3.63, 3.8) is 0 Å². The number of hydrogen-bond acceptors (Lipinski definition) is 9. The van der Waals surface area contributed by atoms with Crippen molar-refractivity contribution >= 4 is 40.6 Å². The quantitative estimate of drug-likeness (QED) is 0.0716. The molecule has 4 aromatic rings. The molecule has 17 heteroatoms. The number of fused-ring (bicyclic) bond motifs is 2. The number of carbonyl (C=O) groups excluding carboxylic acids is 4. The van der Waals surface area contributed by atoms with Crippen molar-refractivity contribution < 1.29 is 55.7 Å². The zero-order valence-electron chi connectivity index (χ0n) is 32.0. The highest BCUT2D eigenvalue weighted by atomic mass is 19.4. The Labute approximate surface area is 336 Å². The second-order valence-corrected chi connectivity index (χ2v) is 14.6. The molecule has 2 fully saturated rings. The zero-order chi connectivity index (χ0) is 41.7. The molecule has 312 valence electrons. The highest BCUT2D eigenvalue weighted by Crippen LogP contribution is 2.38. The molecule has 1 unspecified atom stereocenters. The van der Waals surface area contributed by atoms with E-state index in [1.165, 1.54) is 36.4 Å². The van der Waals surface area contributed by atoms with Crippen LogP contribution in [0.15, 0.2) is 72.9 Å². The Morgan fingerprint density at radius 2 is 1.56 bits per heavy atom. The number of amides is 4. The van der Waals surface area contributed by atoms with Gasteiger partial charge < -0.3 is 28.8 Å². The van der Waals surface area contributed by atoms with Crippen LogP contribution in [0.4, 0.5) is 23.5 Å². The molecule has 1 atom stereocenters. The van der Waals surface area contributed by atoms with Crippen LogP contribution in [0.2, 0.25) is 0 Å². The third-order valence-electron chi connectivity index (χ3n) is 10.6. The Balaban J connectivity index is 0.784. The minimum absolute atomic E-state index is 0.0831. The molecule has 3 heterocycles. The van der Waals surface area contributed by atoms with E-state index in [0.717, 1.165) is 42.7 Å². The van der Waals surface area contributed by atoms with Gasteiger partial charge in [-0.15, -0.1) is 0 Å². The molecule has 1 aliphatic carbocycles. The van der Waals surface area contributed by atoms with Crippen molar-refractivity contribution in [1.29, 1.82) is 0 Å². The van der Waals surface area contributed by atoms with Gasteiger partial charge in [0.15, 0.2) is 0 Å². The van der Waals surface area contributed by atoms with Crippen molar-refractivity contribution in [3.8, 4) is 5.75 Å². The van der Waals surface area contributed by atoms with Crippen molar-refractivity contribution in [2.24, 2.45) is 5.92 Å². The fourth-order valence-electron chi connectivity index (χ4n) is 7.64. The highest BCUT2D eigenvalue weighted by Gasteiger charge is 2.44. The Bertz CT molecular complexity index is 2240. The van der Waals surface area contributed by atoms with E-state index in [-0.39, 0.29) is 47.8 Å². The molecule has 3 aromatic carbocycles. The van der Waals surface area contributed by atoms with E-state index in [0.29, 0.717) is 68.4 Å². The van der Waals surface area contributed by atoms with Gasteiger partial charge in [0.05, 0.1) is 60.8 Å². The van der Waals surface area contributed by atoms with Gasteiger partial charge in [0.1, 0.15) is 24.2 Å². The molecule has 59 heavy (non-hydrogen) atoms. The maximum atomic E-state index is 14.1. The second kappa shape index (κ2) is 18.1. The summed E-state index contributed by atoms with van der Waals surface area (Å²) in [6.45, 7) is 6.17. The molecular formula is C42H43F4N5O8. The number of anilines is 1. The maximum absolute atomic E-state index is 14.1. The number of ether oxygens (including phenoxy) is 4. The van der Waals surface area contributed by atoms with Gasteiger partial charge in [-0.3, -0.25) is 29.4 Å². The van der Waals surface area contributed by atoms with Crippen LogP contribution in [-0.4, -0.2) is 90.4 Å². The molecule has 4 amide bonds. The van der Waals surface area contributed by atoms with Crippen molar-refractivity contribution in [3.05, 3.63) is 101 Å². The smallest absolute Gasteiger partial charge is 0.416 e. The Kier molecular flexibility index (Phi) is 12.7. The summed E-state index contributed by atoms with van der Waals surface area (Å²) in [5.41, 5.74) is 0.803. The monoisotopic (exact) mass is 821 g/mol. The Morgan fingerprint density at radius 3 is 2.29 bits per heavy atom. The number of halogens is 4. The van der Waals surface area contributed by atoms with E-state index in [9.17, 15) is 36.7 Å². The first-order valence-electron chi connectivity index (χ1n) is 19.4. The number of nitrogens with zero attached hydrogens (tertiary/aromatic N) is 3. The molecule has 0 bridgehead atoms. The number of benzene rings is 3. The number of alkyl halides is 3. The van der Waals surface area contributed by atoms with Crippen LogP contribution in [0.25, 0.3) is 11.0 Å². The first kappa shape index (κ1) is 41.5. The molecule has 0 radical (unpaired) electrons. The van der Waals surface area contributed by atoms with Crippen molar-refractivity contribution in [1.82, 2.24) is 19.8 Å². The van der Waals surface area contributed by atoms with Gasteiger partial charge in [-0.05, 0) is 93.0 Å². The van der Waals surface area contributed by atoms with Crippen molar-refractivity contribution in [2.45, 2.75) is 56.8 Å². The predicted octanol–water partition coefficient (Wildman–Crippen LogP) is 6.69. The average Bonchev–Trinajstić information content (AvgIpc) is 3.68. The standard InChI is InChI=1S/C42H43F4N5O8/c1-25-5-13-36(38(53)47-25)51-39(54)32-12-11-31(23-33(32)40(51)55)59-20-19-57-16-15-56-17-18-58-24-26-6-9-30(10-7-26)50-35-14-8-29(43)22-34(35)48-41(50)49-37(52)27-3-2-4-28(21-27)42(44,45)46/h2-4,8,11-12,14,21-23,26,30,36H,1,5-7,9-10,13,15-20,24H2,(H,47,53)(H,48,49,52). The number of allylic oxidation sites excluding steroid dienone is 1. The van der Waals surface area contributed by atoms with E-state index in [1.807, 2.05) is 4.57 Å². The number of aromatic nitrogens is 2. The van der Waals surface area contributed by atoms with Gasteiger partial charge in [0, 0.05) is 30.0 Å². The number of piperidine rings is 1. The summed E-state index contributed by atoms with van der Waals surface area (Å²) >= 11 is 0. The molecular weight excluding hydrogens is 778 g/mol. The normalized spacial score (nSPS) is 19.6. The van der Waals surface area contributed by atoms with Crippen molar-refractivity contribution in [2.75, 3.05) is 51.6 Å². The topological polar surface area (TPSA) is 150 Å². The number of rotatable bonds is 16. The summed E-state index contributed by atoms with van der Waals surface area (Å²) in [5, 5.41) is 5.27. The summed E-state index contributed by atoms with van der Waals surface area (Å²) in [7, 11) is 0. The van der Waals surface area contributed by atoms with E-state index in [1.54, 1.807) is 12.1 Å². The van der Waals surface area contributed by atoms with Gasteiger partial charge >= 0.3 is 6.18 Å². The molecule has 2 N–H and O–H groups in total. The molecule has 3 aliphatic rings. The van der Waals surface area contributed by atoms with E-state index < -0.39 is 47.2 Å². The number of nitrogens with one attached hydrogen (secondary N) is 2. The molecule has 1 aromatic heterocycles. The average molecular weight is 822 g/mol. The highest BCUT2D eigenvalue weighted by molar-refractivity contribution is 6.23. The largest absolute Gasteiger partial charge is 0.491 e. The first-order valence-corrected chi connectivity index (χ1v) is 19.4. The molecule has 13 nitrogen and oxygen atoms in total. The van der Waals surface area contributed by atoms with Crippen LogP contribution in [0.5, 0.6) is 5.75 Å². The van der Waals surface area contributed by atoms with Gasteiger partial charge in [-0.1, -0.05) is 12.6 Å². The number of hydrogen-bond donors (Lipinski definition) is 2. The van der Waals surface area contributed by atoms with Gasteiger partial charge in [0.2, 0.25) is 11.9 Å². The van der Waals surface area contributed by atoms with Crippen LogP contribution >= 0.6 is 0 Å². The lowest BCUT2D eigenvalue weighted by molar-refractivity contribution is -0.137. The third kappa shape index (κ3) is 9.64. The second-order valence-electron chi connectivity index (χ2n) is 14.6. The maximum Gasteiger partial charge on any atom is 0.416 e. The predicted molar refractivity (Wildman–Crippen MR) is 205 cm³/mol. The van der Waals surface area contributed by atoms with Crippen LogP contribution in [-0.2, 0) is 25.2 Å². The summed E-state index contributed by atoms with van der Waals surface area (Å²) in [6.07, 6.45) is -0.720. The molecule has 1 saturated carbocycles.